The summed E-state index contributed by atoms with van der Waals surface area (Å²) in [5.74, 6) is 0.00931. The van der Waals surface area contributed by atoms with Gasteiger partial charge >= 0.3 is 0 Å². The maximum Gasteiger partial charge on any atom is 0.233 e. The summed E-state index contributed by atoms with van der Waals surface area (Å²) in [7, 11) is 0. The highest BCUT2D eigenvalue weighted by Crippen LogP contribution is 2.33. The van der Waals surface area contributed by atoms with Crippen molar-refractivity contribution in [2.24, 2.45) is 11.1 Å². The predicted molar refractivity (Wildman–Crippen MR) is 82.4 cm³/mol. The Morgan fingerprint density at radius 3 is 2.63 bits per heavy atom. The van der Waals surface area contributed by atoms with Gasteiger partial charge in [-0.05, 0) is 38.4 Å². The monoisotopic (exact) mass is 302 g/mol. The topological polar surface area (TPSA) is 64.4 Å². The Morgan fingerprint density at radius 1 is 1.42 bits per heavy atom. The van der Waals surface area contributed by atoms with Crippen molar-refractivity contribution in [3.05, 3.63) is 0 Å². The quantitative estimate of drug-likeness (QED) is 0.770. The van der Waals surface area contributed by atoms with Crippen molar-refractivity contribution >= 4 is 34.9 Å². The van der Waals surface area contributed by atoms with Gasteiger partial charge in [0, 0.05) is 24.5 Å². The number of carbonyl (C=O) groups excluding carboxylic acids is 1. The van der Waals surface area contributed by atoms with E-state index in [0.29, 0.717) is 36.3 Å². The first-order valence-corrected chi connectivity index (χ1v) is 8.49. The molecule has 3 N–H and O–H groups in total. The number of nitrogens with two attached hydrogens (primary N) is 1. The van der Waals surface area contributed by atoms with E-state index in [0.717, 1.165) is 12.8 Å². The molecule has 1 saturated heterocycles. The number of thiocarbonyl (C=S) groups is 1. The number of amides is 1. The Balaban J connectivity index is 1.98. The van der Waals surface area contributed by atoms with Crippen LogP contribution < -0.4 is 11.1 Å². The van der Waals surface area contributed by atoms with Crippen LogP contribution in [0.3, 0.4) is 0 Å². The molecule has 19 heavy (non-hydrogen) atoms. The molecule has 2 unspecified atom stereocenters. The fraction of sp³-hybridized carbons (Fsp3) is 0.846. The number of thioether (sulfide) groups is 1. The van der Waals surface area contributed by atoms with Crippen LogP contribution in [0.2, 0.25) is 0 Å². The molecule has 1 aliphatic carbocycles. The lowest BCUT2D eigenvalue weighted by Gasteiger charge is -2.35. The summed E-state index contributed by atoms with van der Waals surface area (Å²) in [6.45, 7) is 1.12. The van der Waals surface area contributed by atoms with Crippen LogP contribution in [0.5, 0.6) is 0 Å². The number of carbonyl (C=O) groups is 1. The van der Waals surface area contributed by atoms with Gasteiger partial charge in [0.05, 0.1) is 4.99 Å². The first-order chi connectivity index (χ1) is 9.08. The molecule has 1 aliphatic heterocycles. The summed E-state index contributed by atoms with van der Waals surface area (Å²) in [5, 5.41) is 3.83. The SMILES string of the molecule is CSC1CCC(NC(=O)C2(C(N)=S)CCOCC2)C1. The van der Waals surface area contributed by atoms with Crippen molar-refractivity contribution in [2.45, 2.75) is 43.4 Å². The van der Waals surface area contributed by atoms with Crippen LogP contribution in [0.1, 0.15) is 32.1 Å². The van der Waals surface area contributed by atoms with Crippen LogP contribution in [-0.4, -0.2) is 41.7 Å². The molecule has 0 radical (unpaired) electrons. The second kappa shape index (κ2) is 6.41. The van der Waals surface area contributed by atoms with Gasteiger partial charge in [0.15, 0.2) is 0 Å². The normalized spacial score (nSPS) is 29.9. The third-order valence-corrected chi connectivity index (χ3v) is 5.79. The Bertz CT molecular complexity index is 357. The van der Waals surface area contributed by atoms with Gasteiger partial charge in [0.1, 0.15) is 5.41 Å². The van der Waals surface area contributed by atoms with E-state index in [2.05, 4.69) is 11.6 Å². The molecule has 4 nitrogen and oxygen atoms in total. The first kappa shape index (κ1) is 15.1. The van der Waals surface area contributed by atoms with Crippen molar-refractivity contribution in [2.75, 3.05) is 19.5 Å². The van der Waals surface area contributed by atoms with Gasteiger partial charge in [0.25, 0.3) is 0 Å². The van der Waals surface area contributed by atoms with Crippen molar-refractivity contribution in [1.29, 1.82) is 0 Å². The van der Waals surface area contributed by atoms with Gasteiger partial charge in [-0.2, -0.15) is 11.8 Å². The maximum absolute atomic E-state index is 12.6. The van der Waals surface area contributed by atoms with E-state index in [4.69, 9.17) is 22.7 Å². The lowest BCUT2D eigenvalue weighted by Crippen LogP contribution is -2.53. The van der Waals surface area contributed by atoms with Crippen molar-refractivity contribution in [3.8, 4) is 0 Å². The zero-order chi connectivity index (χ0) is 13.9. The molecule has 0 aromatic rings. The molecule has 108 valence electrons. The third kappa shape index (κ3) is 3.23. The molecule has 0 spiro atoms. The maximum atomic E-state index is 12.6. The largest absolute Gasteiger partial charge is 0.392 e. The van der Waals surface area contributed by atoms with Crippen LogP contribution >= 0.6 is 24.0 Å². The Kier molecular flexibility index (Phi) is 5.09. The Hall–Kier alpha value is -0.330. The molecule has 0 aromatic carbocycles. The Labute approximate surface area is 124 Å². The molecule has 0 aromatic heterocycles. The summed E-state index contributed by atoms with van der Waals surface area (Å²) < 4.78 is 5.33. The highest BCUT2D eigenvalue weighted by atomic mass is 32.2. The molecular weight excluding hydrogens is 280 g/mol. The minimum absolute atomic E-state index is 0.00931. The highest BCUT2D eigenvalue weighted by Gasteiger charge is 2.44. The van der Waals surface area contributed by atoms with Crippen molar-refractivity contribution in [3.63, 3.8) is 0 Å². The first-order valence-electron chi connectivity index (χ1n) is 6.80. The lowest BCUT2D eigenvalue weighted by molar-refractivity contribution is -0.132. The zero-order valence-electron chi connectivity index (χ0n) is 11.3. The van der Waals surface area contributed by atoms with Crippen LogP contribution in [0.25, 0.3) is 0 Å². The number of nitrogens with one attached hydrogen (secondary N) is 1. The lowest BCUT2D eigenvalue weighted by atomic mass is 9.79. The molecule has 2 atom stereocenters. The van der Waals surface area contributed by atoms with Gasteiger partial charge in [-0.25, -0.2) is 0 Å². The van der Waals surface area contributed by atoms with Crippen LogP contribution in [0.15, 0.2) is 0 Å². The zero-order valence-corrected chi connectivity index (χ0v) is 12.9. The summed E-state index contributed by atoms with van der Waals surface area (Å²) in [6.07, 6.45) is 6.62. The van der Waals surface area contributed by atoms with Gasteiger partial charge in [0.2, 0.25) is 5.91 Å². The van der Waals surface area contributed by atoms with Crippen LogP contribution in [-0.2, 0) is 9.53 Å². The molecule has 1 heterocycles. The van der Waals surface area contributed by atoms with E-state index in [1.54, 1.807) is 0 Å². The molecule has 2 rings (SSSR count). The van der Waals surface area contributed by atoms with Gasteiger partial charge < -0.3 is 15.8 Å². The molecular formula is C13H22N2O2S2. The highest BCUT2D eigenvalue weighted by molar-refractivity contribution is 7.99. The van der Waals surface area contributed by atoms with Crippen molar-refractivity contribution in [1.82, 2.24) is 5.32 Å². The average molecular weight is 302 g/mol. The summed E-state index contributed by atoms with van der Waals surface area (Å²) >= 11 is 7.03. The standard InChI is InChI=1S/C13H22N2O2S2/c1-19-10-3-2-9(8-10)15-12(16)13(11(14)18)4-6-17-7-5-13/h9-10H,2-8H2,1H3,(H2,14,18)(H,15,16). The molecule has 1 saturated carbocycles. The molecule has 6 heteroatoms. The molecule has 0 bridgehead atoms. The fourth-order valence-electron chi connectivity index (χ4n) is 2.91. The predicted octanol–water partition coefficient (Wildman–Crippen LogP) is 1.47. The third-order valence-electron chi connectivity index (χ3n) is 4.31. The van der Waals surface area contributed by atoms with Gasteiger partial charge in [-0.15, -0.1) is 0 Å². The fourth-order valence-corrected chi connectivity index (χ4v) is 4.01. The second-order valence-corrected chi connectivity index (χ2v) is 6.98. The van der Waals surface area contributed by atoms with Crippen molar-refractivity contribution < 1.29 is 9.53 Å². The van der Waals surface area contributed by atoms with E-state index in [1.807, 2.05) is 11.8 Å². The Morgan fingerprint density at radius 2 is 2.11 bits per heavy atom. The number of hydrogen-bond donors (Lipinski definition) is 2. The summed E-state index contributed by atoms with van der Waals surface area (Å²) in [5.41, 5.74) is 5.15. The number of hydrogen-bond acceptors (Lipinski definition) is 4. The van der Waals surface area contributed by atoms with Gasteiger partial charge in [-0.1, -0.05) is 12.2 Å². The summed E-state index contributed by atoms with van der Waals surface area (Å²) in [4.78, 5) is 12.9. The number of rotatable bonds is 4. The van der Waals surface area contributed by atoms with Crippen LogP contribution in [0, 0.1) is 5.41 Å². The molecule has 2 aliphatic rings. The molecule has 1 amide bonds. The molecule has 2 fully saturated rings. The smallest absolute Gasteiger partial charge is 0.233 e. The van der Waals surface area contributed by atoms with E-state index in [1.165, 1.54) is 6.42 Å². The minimum atomic E-state index is -0.689. The summed E-state index contributed by atoms with van der Waals surface area (Å²) in [6, 6.07) is 0.277. The minimum Gasteiger partial charge on any atom is -0.392 e. The van der Waals surface area contributed by atoms with Crippen LogP contribution in [0.4, 0.5) is 0 Å². The van der Waals surface area contributed by atoms with Gasteiger partial charge in [-0.3, -0.25) is 4.79 Å². The average Bonchev–Trinajstić information content (AvgIpc) is 2.87. The van der Waals surface area contributed by atoms with E-state index in [-0.39, 0.29) is 11.9 Å². The second-order valence-electron chi connectivity index (χ2n) is 5.40. The van der Waals surface area contributed by atoms with E-state index >= 15 is 0 Å². The van der Waals surface area contributed by atoms with E-state index < -0.39 is 5.41 Å². The number of ether oxygens (including phenoxy) is 1. The van der Waals surface area contributed by atoms with E-state index in [9.17, 15) is 4.79 Å².